The van der Waals surface area contributed by atoms with Crippen LogP contribution in [0.25, 0.3) is 0 Å². The molecule has 2 rings (SSSR count). The molecule has 214 valence electrons. The zero-order valence-corrected chi connectivity index (χ0v) is 23.0. The number of amides is 3. The Bertz CT molecular complexity index is 921. The molecule has 1 aliphatic heterocycles. The molecule has 38 heavy (non-hydrogen) atoms. The molecule has 3 N–H and O–H groups in total. The molecule has 11 heteroatoms. The van der Waals surface area contributed by atoms with Gasteiger partial charge in [-0.1, -0.05) is 51.1 Å². The standard InChI is InChI=1S/C27H42F3N5O3/c1-19(32-15-14-31-5)23(36)33-22(26(2,3)4)24(37)35-16-9-12-21(35)18-34(25(38)27(28,29)30)17-13-20-10-7-6-8-11-20/h6-8,10-11,19,21-22,31-32H,9,12-18H2,1-5H3,(H,33,36)/t19-,21-,22+/m0/s1. The number of carbonyl (C=O) groups excluding carboxylic acids is 3. The predicted molar refractivity (Wildman–Crippen MR) is 140 cm³/mol. The van der Waals surface area contributed by atoms with Gasteiger partial charge in [-0.25, -0.2) is 0 Å². The van der Waals surface area contributed by atoms with Crippen LogP contribution in [0.3, 0.4) is 0 Å². The summed E-state index contributed by atoms with van der Waals surface area (Å²) in [5.41, 5.74) is 0.180. The van der Waals surface area contributed by atoms with Crippen molar-refractivity contribution in [2.75, 3.05) is 39.8 Å². The van der Waals surface area contributed by atoms with Crippen LogP contribution < -0.4 is 16.0 Å². The lowest BCUT2D eigenvalue weighted by molar-refractivity contribution is -0.186. The first-order valence-corrected chi connectivity index (χ1v) is 13.1. The molecule has 1 aliphatic rings. The number of hydrogen-bond donors (Lipinski definition) is 3. The average Bonchev–Trinajstić information content (AvgIpc) is 3.31. The van der Waals surface area contributed by atoms with Crippen LogP contribution in [0, 0.1) is 5.41 Å². The quantitative estimate of drug-likeness (QED) is 0.353. The Morgan fingerprint density at radius 1 is 1.11 bits per heavy atom. The highest BCUT2D eigenvalue weighted by atomic mass is 19.4. The van der Waals surface area contributed by atoms with Crippen LogP contribution in [0.2, 0.25) is 0 Å². The summed E-state index contributed by atoms with van der Waals surface area (Å²) in [5.74, 6) is -2.59. The second kappa shape index (κ2) is 13.9. The number of likely N-dealkylation sites (tertiary alicyclic amines) is 1. The Morgan fingerprint density at radius 3 is 2.34 bits per heavy atom. The third-order valence-electron chi connectivity index (χ3n) is 6.75. The van der Waals surface area contributed by atoms with Gasteiger partial charge >= 0.3 is 12.1 Å². The molecule has 0 unspecified atom stereocenters. The Balaban J connectivity index is 2.17. The van der Waals surface area contributed by atoms with E-state index in [0.29, 0.717) is 32.5 Å². The van der Waals surface area contributed by atoms with Crippen molar-refractivity contribution in [1.29, 1.82) is 0 Å². The van der Waals surface area contributed by atoms with Crippen LogP contribution in [0.15, 0.2) is 30.3 Å². The molecule has 0 spiro atoms. The molecule has 1 heterocycles. The molecule has 0 aromatic heterocycles. The van der Waals surface area contributed by atoms with E-state index in [2.05, 4.69) is 16.0 Å². The summed E-state index contributed by atoms with van der Waals surface area (Å²) in [6.07, 6.45) is -3.66. The highest BCUT2D eigenvalue weighted by molar-refractivity contribution is 5.90. The van der Waals surface area contributed by atoms with Crippen molar-refractivity contribution in [1.82, 2.24) is 25.8 Å². The minimum absolute atomic E-state index is 0.115. The molecular weight excluding hydrogens is 499 g/mol. The highest BCUT2D eigenvalue weighted by Gasteiger charge is 2.45. The smallest absolute Gasteiger partial charge is 0.342 e. The molecule has 0 radical (unpaired) electrons. The van der Waals surface area contributed by atoms with Crippen molar-refractivity contribution in [3.8, 4) is 0 Å². The maximum Gasteiger partial charge on any atom is 0.471 e. The fraction of sp³-hybridized carbons (Fsp3) is 0.667. The topological polar surface area (TPSA) is 93.8 Å². The highest BCUT2D eigenvalue weighted by Crippen LogP contribution is 2.27. The number of carbonyl (C=O) groups is 3. The van der Waals surface area contributed by atoms with Crippen molar-refractivity contribution in [2.24, 2.45) is 5.41 Å². The largest absolute Gasteiger partial charge is 0.471 e. The first kappa shape index (κ1) is 31.6. The van der Waals surface area contributed by atoms with E-state index < -0.39 is 35.6 Å². The molecule has 3 atom stereocenters. The average molecular weight is 542 g/mol. The maximum absolute atomic E-state index is 13.7. The fourth-order valence-corrected chi connectivity index (χ4v) is 4.52. The fourth-order valence-electron chi connectivity index (χ4n) is 4.52. The Hall–Kier alpha value is -2.66. The molecule has 0 bridgehead atoms. The van der Waals surface area contributed by atoms with Crippen LogP contribution >= 0.6 is 0 Å². The lowest BCUT2D eigenvalue weighted by Crippen LogP contribution is -2.59. The summed E-state index contributed by atoms with van der Waals surface area (Å²) in [6, 6.07) is 7.01. The summed E-state index contributed by atoms with van der Waals surface area (Å²) >= 11 is 0. The second-order valence-electron chi connectivity index (χ2n) is 10.9. The Kier molecular flexibility index (Phi) is 11.6. The molecule has 0 aliphatic carbocycles. The van der Waals surface area contributed by atoms with Gasteiger partial charge in [-0.2, -0.15) is 13.2 Å². The van der Waals surface area contributed by atoms with E-state index in [1.807, 2.05) is 26.8 Å². The van der Waals surface area contributed by atoms with Gasteiger partial charge in [0.05, 0.1) is 6.04 Å². The number of likely N-dealkylation sites (N-methyl/N-ethyl adjacent to an activating group) is 1. The minimum atomic E-state index is -5.01. The van der Waals surface area contributed by atoms with Crippen LogP contribution in [0.4, 0.5) is 13.2 Å². The third-order valence-corrected chi connectivity index (χ3v) is 6.75. The number of nitrogens with one attached hydrogen (secondary N) is 3. The normalized spacial score (nSPS) is 17.7. The minimum Gasteiger partial charge on any atom is -0.342 e. The summed E-state index contributed by atoms with van der Waals surface area (Å²) < 4.78 is 40.3. The molecular formula is C27H42F3N5O3. The van der Waals surface area contributed by atoms with E-state index in [9.17, 15) is 27.6 Å². The molecule has 1 aromatic rings. The molecule has 1 saturated heterocycles. The second-order valence-corrected chi connectivity index (χ2v) is 10.9. The van der Waals surface area contributed by atoms with Crippen molar-refractivity contribution >= 4 is 17.7 Å². The van der Waals surface area contributed by atoms with Gasteiger partial charge in [-0.3, -0.25) is 14.4 Å². The maximum atomic E-state index is 13.7. The van der Waals surface area contributed by atoms with Crippen molar-refractivity contribution in [3.05, 3.63) is 35.9 Å². The van der Waals surface area contributed by atoms with Gasteiger partial charge in [0.2, 0.25) is 11.8 Å². The molecule has 1 aromatic carbocycles. The SMILES string of the molecule is CNCCN[C@@H](C)C(=O)N[C@H](C(=O)N1CCC[C@H]1CN(CCc1ccccc1)C(=O)C(F)(F)F)C(C)(C)C. The number of nitrogens with zero attached hydrogens (tertiary/aromatic N) is 2. The van der Waals surface area contributed by atoms with E-state index in [-0.39, 0.29) is 31.3 Å². The number of rotatable bonds is 12. The van der Waals surface area contributed by atoms with Crippen molar-refractivity contribution < 1.29 is 27.6 Å². The lowest BCUT2D eigenvalue weighted by Gasteiger charge is -2.37. The summed E-state index contributed by atoms with van der Waals surface area (Å²) in [5, 5.41) is 8.93. The monoisotopic (exact) mass is 541 g/mol. The van der Waals surface area contributed by atoms with Crippen molar-refractivity contribution in [2.45, 2.75) is 71.3 Å². The van der Waals surface area contributed by atoms with Crippen LogP contribution in [0.5, 0.6) is 0 Å². The van der Waals surface area contributed by atoms with E-state index in [4.69, 9.17) is 0 Å². The Labute approximate surface area is 223 Å². The zero-order valence-electron chi connectivity index (χ0n) is 23.0. The Morgan fingerprint density at radius 2 is 1.76 bits per heavy atom. The van der Waals surface area contributed by atoms with Gasteiger partial charge in [-0.05, 0) is 44.2 Å². The first-order chi connectivity index (χ1) is 17.8. The van der Waals surface area contributed by atoms with Gasteiger partial charge in [0.25, 0.3) is 0 Å². The van der Waals surface area contributed by atoms with Crippen LogP contribution in [-0.2, 0) is 20.8 Å². The molecule has 0 saturated carbocycles. The lowest BCUT2D eigenvalue weighted by atomic mass is 9.85. The third kappa shape index (κ3) is 9.27. The van der Waals surface area contributed by atoms with Gasteiger partial charge < -0.3 is 25.8 Å². The van der Waals surface area contributed by atoms with Gasteiger partial charge in [0.1, 0.15) is 6.04 Å². The summed E-state index contributed by atoms with van der Waals surface area (Å²) in [6.45, 7) is 8.47. The number of halogens is 3. The van der Waals surface area contributed by atoms with Crippen molar-refractivity contribution in [3.63, 3.8) is 0 Å². The zero-order chi connectivity index (χ0) is 28.5. The predicted octanol–water partition coefficient (Wildman–Crippen LogP) is 2.34. The number of alkyl halides is 3. The van der Waals surface area contributed by atoms with Gasteiger partial charge in [0, 0.05) is 38.8 Å². The summed E-state index contributed by atoms with van der Waals surface area (Å²) in [4.78, 5) is 41.2. The number of hydrogen-bond acceptors (Lipinski definition) is 5. The van der Waals surface area contributed by atoms with Gasteiger partial charge in [0.15, 0.2) is 0 Å². The first-order valence-electron chi connectivity index (χ1n) is 13.1. The van der Waals surface area contributed by atoms with E-state index in [1.54, 1.807) is 38.2 Å². The van der Waals surface area contributed by atoms with E-state index in [0.717, 1.165) is 10.5 Å². The summed E-state index contributed by atoms with van der Waals surface area (Å²) in [7, 11) is 1.80. The number of benzene rings is 1. The van der Waals surface area contributed by atoms with E-state index >= 15 is 0 Å². The molecule has 8 nitrogen and oxygen atoms in total. The molecule has 3 amide bonds. The van der Waals surface area contributed by atoms with Crippen LogP contribution in [-0.4, -0.2) is 91.6 Å². The van der Waals surface area contributed by atoms with Crippen LogP contribution in [0.1, 0.15) is 46.1 Å². The van der Waals surface area contributed by atoms with E-state index in [1.165, 1.54) is 4.90 Å². The van der Waals surface area contributed by atoms with Gasteiger partial charge in [-0.15, -0.1) is 0 Å². The molecule has 1 fully saturated rings.